The highest BCUT2D eigenvalue weighted by Crippen LogP contribution is 2.38. The number of nitriles is 1. The molecule has 136 valence electrons. The smallest absolute Gasteiger partial charge is 0.316 e. The second-order valence-corrected chi connectivity index (χ2v) is 6.97. The molecule has 2 nitrogen and oxygen atoms in total. The van der Waals surface area contributed by atoms with E-state index in [0.29, 0.717) is 17.0 Å². The third-order valence-electron chi connectivity index (χ3n) is 5.00. The van der Waals surface area contributed by atoms with Crippen molar-refractivity contribution in [2.75, 3.05) is 0 Å². The summed E-state index contributed by atoms with van der Waals surface area (Å²) in [4.78, 5) is 0. The predicted octanol–water partition coefficient (Wildman–Crippen LogP) is 6.22. The second-order valence-electron chi connectivity index (χ2n) is 6.97. The molecule has 0 aromatic heterocycles. The summed E-state index contributed by atoms with van der Waals surface area (Å²) in [6.07, 6.45) is 7.07. The van der Waals surface area contributed by atoms with Gasteiger partial charge < -0.3 is 4.74 Å². The van der Waals surface area contributed by atoms with Crippen molar-refractivity contribution >= 4 is 0 Å². The molecule has 0 radical (unpaired) electrons. The topological polar surface area (TPSA) is 33.0 Å². The second kappa shape index (κ2) is 9.68. The van der Waals surface area contributed by atoms with Crippen LogP contribution in [0.2, 0.25) is 0 Å². The number of allylic oxidation sites excluding steroid dienone is 2. The Labute approximate surface area is 149 Å². The minimum absolute atomic E-state index is 0.0499. The number of alkyl halides is 2. The molecular weight excluding hydrogens is 320 g/mol. The van der Waals surface area contributed by atoms with Crippen molar-refractivity contribution < 1.29 is 13.5 Å². The normalized spacial score (nSPS) is 21.4. The van der Waals surface area contributed by atoms with Crippen LogP contribution in [0.15, 0.2) is 36.4 Å². The molecule has 0 N–H and O–H groups in total. The van der Waals surface area contributed by atoms with Crippen LogP contribution in [0.25, 0.3) is 0 Å². The first-order valence-corrected chi connectivity index (χ1v) is 9.14. The third-order valence-corrected chi connectivity index (χ3v) is 5.00. The number of halogens is 2. The average Bonchev–Trinajstić information content (AvgIpc) is 2.62. The van der Waals surface area contributed by atoms with Gasteiger partial charge in [-0.1, -0.05) is 37.1 Å². The lowest BCUT2D eigenvalue weighted by Gasteiger charge is -2.30. The zero-order valence-corrected chi connectivity index (χ0v) is 14.9. The number of nitrogens with zero attached hydrogens (tertiary/aromatic N) is 1. The van der Waals surface area contributed by atoms with Gasteiger partial charge in [0.25, 0.3) is 0 Å². The van der Waals surface area contributed by atoms with Crippen LogP contribution in [-0.2, 0) is 11.3 Å². The largest absolute Gasteiger partial charge is 0.356 e. The SMILES string of the molecule is C/C=C/CC[C@H]1CC[C@H](CC(F)(F)OCc2ccc(C#N)cc2)CC1. The number of ether oxygens (including phenoxy) is 1. The Kier molecular flexibility index (Phi) is 7.58. The van der Waals surface area contributed by atoms with E-state index in [-0.39, 0.29) is 18.9 Å². The third kappa shape index (κ3) is 6.96. The summed E-state index contributed by atoms with van der Waals surface area (Å²) in [5.41, 5.74) is 1.17. The zero-order valence-electron chi connectivity index (χ0n) is 14.9. The molecule has 0 heterocycles. The van der Waals surface area contributed by atoms with Crippen LogP contribution in [-0.4, -0.2) is 6.11 Å². The molecule has 0 saturated heterocycles. The van der Waals surface area contributed by atoms with Crippen molar-refractivity contribution in [2.24, 2.45) is 11.8 Å². The summed E-state index contributed by atoms with van der Waals surface area (Å²) in [6.45, 7) is 1.90. The van der Waals surface area contributed by atoms with Crippen LogP contribution < -0.4 is 0 Å². The van der Waals surface area contributed by atoms with E-state index in [1.54, 1.807) is 24.3 Å². The molecule has 1 aromatic rings. The van der Waals surface area contributed by atoms with E-state index in [2.05, 4.69) is 12.2 Å². The molecule has 1 aromatic carbocycles. The molecule has 0 aliphatic heterocycles. The minimum atomic E-state index is -3.09. The fourth-order valence-corrected chi connectivity index (χ4v) is 3.48. The Hall–Kier alpha value is -1.73. The quantitative estimate of drug-likeness (QED) is 0.523. The van der Waals surface area contributed by atoms with Gasteiger partial charge in [-0.15, -0.1) is 0 Å². The molecule has 0 amide bonds. The first kappa shape index (κ1) is 19.6. The molecule has 0 unspecified atom stereocenters. The number of benzene rings is 1. The van der Waals surface area contributed by atoms with E-state index in [1.807, 2.05) is 13.0 Å². The molecule has 2 rings (SSSR count). The summed E-state index contributed by atoms with van der Waals surface area (Å²) < 4.78 is 33.1. The highest BCUT2D eigenvalue weighted by molar-refractivity contribution is 5.31. The lowest BCUT2D eigenvalue weighted by molar-refractivity contribution is -0.256. The van der Waals surface area contributed by atoms with Gasteiger partial charge in [-0.3, -0.25) is 0 Å². The number of hydrogen-bond acceptors (Lipinski definition) is 2. The van der Waals surface area contributed by atoms with E-state index in [1.165, 1.54) is 6.42 Å². The number of rotatable bonds is 8. The lowest BCUT2D eigenvalue weighted by Crippen LogP contribution is -2.27. The van der Waals surface area contributed by atoms with E-state index < -0.39 is 6.11 Å². The van der Waals surface area contributed by atoms with E-state index >= 15 is 0 Å². The molecule has 25 heavy (non-hydrogen) atoms. The van der Waals surface area contributed by atoms with Gasteiger partial charge in [0.2, 0.25) is 0 Å². The molecule has 0 spiro atoms. The first-order valence-electron chi connectivity index (χ1n) is 9.14. The fourth-order valence-electron chi connectivity index (χ4n) is 3.48. The molecule has 1 saturated carbocycles. The van der Waals surface area contributed by atoms with Crippen LogP contribution in [0.5, 0.6) is 0 Å². The maximum Gasteiger partial charge on any atom is 0.356 e. The standard InChI is InChI=1S/C21H27F2NO/c1-2-3-4-5-17-6-8-18(9-7-17)14-21(22,23)25-16-20-12-10-19(15-24)11-13-20/h2-3,10-13,17-18H,4-9,14,16H2,1H3/b3-2+/t17-,18-. The summed E-state index contributed by atoms with van der Waals surface area (Å²) in [6, 6.07) is 8.56. The Morgan fingerprint density at radius 2 is 1.80 bits per heavy atom. The summed E-state index contributed by atoms with van der Waals surface area (Å²) in [5, 5.41) is 8.74. The Bertz CT molecular complexity index is 581. The van der Waals surface area contributed by atoms with Gasteiger partial charge in [0, 0.05) is 6.42 Å². The van der Waals surface area contributed by atoms with Crippen LogP contribution in [0.1, 0.15) is 63.0 Å². The number of hydrogen-bond donors (Lipinski definition) is 0. The maximum absolute atomic E-state index is 14.1. The van der Waals surface area contributed by atoms with Crippen molar-refractivity contribution in [3.63, 3.8) is 0 Å². The average molecular weight is 347 g/mol. The van der Waals surface area contributed by atoms with E-state index in [9.17, 15) is 8.78 Å². The van der Waals surface area contributed by atoms with Crippen molar-refractivity contribution in [1.29, 1.82) is 5.26 Å². The molecule has 0 bridgehead atoms. The van der Waals surface area contributed by atoms with Crippen LogP contribution in [0.3, 0.4) is 0 Å². The first-order chi connectivity index (χ1) is 12.0. The van der Waals surface area contributed by atoms with Gasteiger partial charge in [0.05, 0.1) is 18.2 Å². The van der Waals surface area contributed by atoms with Gasteiger partial charge >= 0.3 is 6.11 Å². The highest BCUT2D eigenvalue weighted by Gasteiger charge is 2.35. The summed E-state index contributed by atoms with van der Waals surface area (Å²) in [7, 11) is 0. The summed E-state index contributed by atoms with van der Waals surface area (Å²) in [5.74, 6) is 0.731. The predicted molar refractivity (Wildman–Crippen MR) is 95.0 cm³/mol. The zero-order chi connectivity index (χ0) is 18.1. The highest BCUT2D eigenvalue weighted by atomic mass is 19.3. The molecule has 4 heteroatoms. The molecule has 1 fully saturated rings. The summed E-state index contributed by atoms with van der Waals surface area (Å²) >= 11 is 0. The lowest BCUT2D eigenvalue weighted by atomic mass is 9.78. The van der Waals surface area contributed by atoms with Gasteiger partial charge in [0.1, 0.15) is 0 Å². The Morgan fingerprint density at radius 3 is 2.40 bits per heavy atom. The van der Waals surface area contributed by atoms with Crippen molar-refractivity contribution in [3.8, 4) is 6.07 Å². The fraction of sp³-hybridized carbons (Fsp3) is 0.571. The minimum Gasteiger partial charge on any atom is -0.316 e. The Morgan fingerprint density at radius 1 is 1.16 bits per heavy atom. The van der Waals surface area contributed by atoms with E-state index in [4.69, 9.17) is 10.00 Å². The molecule has 0 atom stereocenters. The molecule has 1 aliphatic rings. The van der Waals surface area contributed by atoms with Gasteiger partial charge in [-0.05, 0) is 62.1 Å². The van der Waals surface area contributed by atoms with E-state index in [0.717, 1.165) is 32.1 Å². The van der Waals surface area contributed by atoms with Crippen LogP contribution in [0.4, 0.5) is 8.78 Å². The van der Waals surface area contributed by atoms with Crippen LogP contribution in [0, 0.1) is 23.2 Å². The monoisotopic (exact) mass is 347 g/mol. The van der Waals surface area contributed by atoms with Crippen molar-refractivity contribution in [1.82, 2.24) is 0 Å². The van der Waals surface area contributed by atoms with Gasteiger partial charge in [-0.2, -0.15) is 14.0 Å². The molecular formula is C21H27F2NO. The van der Waals surface area contributed by atoms with Gasteiger partial charge in [-0.25, -0.2) is 0 Å². The maximum atomic E-state index is 14.1. The Balaban J connectivity index is 1.72. The van der Waals surface area contributed by atoms with Crippen LogP contribution >= 0.6 is 0 Å². The van der Waals surface area contributed by atoms with Crippen molar-refractivity contribution in [2.45, 2.75) is 64.6 Å². The van der Waals surface area contributed by atoms with Gasteiger partial charge in [0.15, 0.2) is 0 Å². The molecule has 1 aliphatic carbocycles. The van der Waals surface area contributed by atoms with Crippen molar-refractivity contribution in [3.05, 3.63) is 47.5 Å².